The van der Waals surface area contributed by atoms with Crippen LogP contribution < -0.4 is 5.73 Å². The van der Waals surface area contributed by atoms with Gasteiger partial charge in [-0.25, -0.2) is 0 Å². The SMILES string of the molecule is CCC1CCC(C(N)Cc2ccc(C)c(C)c2)CC1. The fourth-order valence-electron chi connectivity index (χ4n) is 3.39. The van der Waals surface area contributed by atoms with Crippen LogP contribution in [0, 0.1) is 25.7 Å². The average molecular weight is 259 g/mol. The number of hydrogen-bond acceptors (Lipinski definition) is 1. The molecule has 0 spiro atoms. The van der Waals surface area contributed by atoms with E-state index < -0.39 is 0 Å². The lowest BCUT2D eigenvalue weighted by Gasteiger charge is -2.31. The minimum absolute atomic E-state index is 0.347. The van der Waals surface area contributed by atoms with Crippen molar-refractivity contribution in [2.24, 2.45) is 17.6 Å². The van der Waals surface area contributed by atoms with Crippen molar-refractivity contribution in [1.29, 1.82) is 0 Å². The molecule has 1 nitrogen and oxygen atoms in total. The van der Waals surface area contributed by atoms with Crippen molar-refractivity contribution >= 4 is 0 Å². The second kappa shape index (κ2) is 6.56. The van der Waals surface area contributed by atoms with Crippen molar-refractivity contribution in [3.05, 3.63) is 34.9 Å². The summed E-state index contributed by atoms with van der Waals surface area (Å²) < 4.78 is 0. The first-order chi connectivity index (χ1) is 9.10. The van der Waals surface area contributed by atoms with Crippen molar-refractivity contribution in [3.63, 3.8) is 0 Å². The predicted octanol–water partition coefficient (Wildman–Crippen LogP) is 4.39. The third-order valence-electron chi connectivity index (χ3n) is 5.12. The maximum atomic E-state index is 6.46. The van der Waals surface area contributed by atoms with E-state index >= 15 is 0 Å². The number of hydrogen-bond donors (Lipinski definition) is 1. The van der Waals surface area contributed by atoms with Crippen LogP contribution in [0.4, 0.5) is 0 Å². The summed E-state index contributed by atoms with van der Waals surface area (Å²) in [6.45, 7) is 6.68. The first kappa shape index (κ1) is 14.6. The van der Waals surface area contributed by atoms with Crippen LogP contribution in [0.5, 0.6) is 0 Å². The highest BCUT2D eigenvalue weighted by Crippen LogP contribution is 2.32. The summed E-state index contributed by atoms with van der Waals surface area (Å²) in [6.07, 6.45) is 7.85. The normalized spacial score (nSPS) is 25.3. The zero-order chi connectivity index (χ0) is 13.8. The zero-order valence-electron chi connectivity index (χ0n) is 12.8. The molecule has 0 aromatic heterocycles. The first-order valence-corrected chi connectivity index (χ1v) is 7.91. The summed E-state index contributed by atoms with van der Waals surface area (Å²) in [6, 6.07) is 7.14. The molecule has 1 aromatic rings. The summed E-state index contributed by atoms with van der Waals surface area (Å²) in [5.74, 6) is 1.70. The van der Waals surface area contributed by atoms with Crippen LogP contribution in [0.1, 0.15) is 55.7 Å². The van der Waals surface area contributed by atoms with Crippen LogP contribution in [-0.2, 0) is 6.42 Å². The molecule has 1 unspecified atom stereocenters. The Hall–Kier alpha value is -0.820. The number of nitrogens with two attached hydrogens (primary N) is 1. The molecule has 0 saturated heterocycles. The van der Waals surface area contributed by atoms with Gasteiger partial charge in [0.2, 0.25) is 0 Å². The van der Waals surface area contributed by atoms with E-state index in [1.54, 1.807) is 0 Å². The molecule has 1 aliphatic carbocycles. The van der Waals surface area contributed by atoms with Crippen LogP contribution in [0.25, 0.3) is 0 Å². The Kier molecular flexibility index (Phi) is 5.04. The largest absolute Gasteiger partial charge is 0.327 e. The number of rotatable bonds is 4. The van der Waals surface area contributed by atoms with E-state index in [0.29, 0.717) is 6.04 Å². The lowest BCUT2D eigenvalue weighted by atomic mass is 9.76. The van der Waals surface area contributed by atoms with Gasteiger partial charge in [-0.2, -0.15) is 0 Å². The van der Waals surface area contributed by atoms with Gasteiger partial charge in [0.05, 0.1) is 0 Å². The fraction of sp³-hybridized carbons (Fsp3) is 0.667. The predicted molar refractivity (Wildman–Crippen MR) is 83.3 cm³/mol. The Bertz CT molecular complexity index is 402. The van der Waals surface area contributed by atoms with Gasteiger partial charge in [-0.05, 0) is 61.6 Å². The monoisotopic (exact) mass is 259 g/mol. The molecular weight excluding hydrogens is 230 g/mol. The van der Waals surface area contributed by atoms with Crippen LogP contribution in [0.15, 0.2) is 18.2 Å². The van der Waals surface area contributed by atoms with Crippen LogP contribution in [-0.4, -0.2) is 6.04 Å². The van der Waals surface area contributed by atoms with Crippen molar-refractivity contribution in [2.45, 2.75) is 65.3 Å². The molecule has 1 fully saturated rings. The van der Waals surface area contributed by atoms with E-state index in [4.69, 9.17) is 5.73 Å². The Balaban J connectivity index is 1.90. The minimum atomic E-state index is 0.347. The molecule has 0 amide bonds. The van der Waals surface area contributed by atoms with Crippen LogP contribution >= 0.6 is 0 Å². The van der Waals surface area contributed by atoms with E-state index in [1.165, 1.54) is 48.8 Å². The van der Waals surface area contributed by atoms with E-state index in [1.807, 2.05) is 0 Å². The molecule has 0 heterocycles. The highest BCUT2D eigenvalue weighted by atomic mass is 14.6. The average Bonchev–Trinajstić information content (AvgIpc) is 2.43. The van der Waals surface area contributed by atoms with Gasteiger partial charge in [-0.15, -0.1) is 0 Å². The Morgan fingerprint density at radius 2 is 1.79 bits per heavy atom. The van der Waals surface area contributed by atoms with Gasteiger partial charge in [-0.1, -0.05) is 44.4 Å². The molecule has 0 bridgehead atoms. The molecule has 0 radical (unpaired) electrons. The third-order valence-corrected chi connectivity index (χ3v) is 5.12. The van der Waals surface area contributed by atoms with Crippen molar-refractivity contribution in [2.75, 3.05) is 0 Å². The quantitative estimate of drug-likeness (QED) is 0.852. The number of benzene rings is 1. The van der Waals surface area contributed by atoms with Gasteiger partial charge in [-0.3, -0.25) is 0 Å². The van der Waals surface area contributed by atoms with Gasteiger partial charge >= 0.3 is 0 Å². The van der Waals surface area contributed by atoms with E-state index in [2.05, 4.69) is 39.0 Å². The summed E-state index contributed by atoms with van der Waals surface area (Å²) in [7, 11) is 0. The van der Waals surface area contributed by atoms with Crippen LogP contribution in [0.3, 0.4) is 0 Å². The van der Waals surface area contributed by atoms with E-state index in [0.717, 1.165) is 18.3 Å². The van der Waals surface area contributed by atoms with Crippen molar-refractivity contribution in [1.82, 2.24) is 0 Å². The molecule has 106 valence electrons. The molecule has 2 N–H and O–H groups in total. The van der Waals surface area contributed by atoms with E-state index in [-0.39, 0.29) is 0 Å². The van der Waals surface area contributed by atoms with Crippen LogP contribution in [0.2, 0.25) is 0 Å². The first-order valence-electron chi connectivity index (χ1n) is 7.91. The number of aryl methyl sites for hydroxylation is 2. The third kappa shape index (κ3) is 3.82. The maximum Gasteiger partial charge on any atom is 0.0108 e. The van der Waals surface area contributed by atoms with Crippen molar-refractivity contribution < 1.29 is 0 Å². The molecular formula is C18H29N. The highest BCUT2D eigenvalue weighted by Gasteiger charge is 2.24. The topological polar surface area (TPSA) is 26.0 Å². The summed E-state index contributed by atoms with van der Waals surface area (Å²) in [5.41, 5.74) is 10.6. The lowest BCUT2D eigenvalue weighted by molar-refractivity contribution is 0.238. The van der Waals surface area contributed by atoms with E-state index in [9.17, 15) is 0 Å². The Morgan fingerprint density at radius 1 is 1.11 bits per heavy atom. The molecule has 2 rings (SSSR count). The second-order valence-electron chi connectivity index (χ2n) is 6.48. The standard InChI is InChI=1S/C18H29N/c1-4-15-7-9-17(10-8-15)18(19)12-16-6-5-13(2)14(3)11-16/h5-6,11,15,17-18H,4,7-10,12,19H2,1-3H3. The minimum Gasteiger partial charge on any atom is -0.327 e. The fourth-order valence-corrected chi connectivity index (χ4v) is 3.39. The molecule has 1 atom stereocenters. The molecule has 19 heavy (non-hydrogen) atoms. The molecule has 1 saturated carbocycles. The molecule has 1 aliphatic rings. The highest BCUT2D eigenvalue weighted by molar-refractivity contribution is 5.30. The lowest BCUT2D eigenvalue weighted by Crippen LogP contribution is -2.34. The van der Waals surface area contributed by atoms with Gasteiger partial charge < -0.3 is 5.73 Å². The summed E-state index contributed by atoms with van der Waals surface area (Å²) in [5, 5.41) is 0. The van der Waals surface area contributed by atoms with Gasteiger partial charge in [0.15, 0.2) is 0 Å². The Labute approximate surface area is 118 Å². The Morgan fingerprint density at radius 3 is 2.37 bits per heavy atom. The summed E-state index contributed by atoms with van der Waals surface area (Å²) in [4.78, 5) is 0. The molecule has 1 aromatic carbocycles. The van der Waals surface area contributed by atoms with Gasteiger partial charge in [0.25, 0.3) is 0 Å². The molecule has 1 heteroatoms. The maximum absolute atomic E-state index is 6.46. The zero-order valence-corrected chi connectivity index (χ0v) is 12.8. The van der Waals surface area contributed by atoms with Gasteiger partial charge in [0, 0.05) is 6.04 Å². The second-order valence-corrected chi connectivity index (χ2v) is 6.48. The molecule has 0 aliphatic heterocycles. The van der Waals surface area contributed by atoms with Gasteiger partial charge in [0.1, 0.15) is 0 Å². The summed E-state index contributed by atoms with van der Waals surface area (Å²) >= 11 is 0. The van der Waals surface area contributed by atoms with Crippen molar-refractivity contribution in [3.8, 4) is 0 Å². The smallest absolute Gasteiger partial charge is 0.0108 e.